The monoisotopic (exact) mass is 277 g/mol. The zero-order valence-corrected chi connectivity index (χ0v) is 12.0. The molecule has 1 aromatic rings. The third-order valence-electron chi connectivity index (χ3n) is 3.67. The number of pyridine rings is 1. The summed E-state index contributed by atoms with van der Waals surface area (Å²) in [7, 11) is 0. The lowest BCUT2D eigenvalue weighted by molar-refractivity contribution is -0.125. The molecule has 1 aromatic heterocycles. The lowest BCUT2D eigenvalue weighted by Gasteiger charge is -2.33. The highest BCUT2D eigenvalue weighted by atomic mass is 16.5. The Morgan fingerprint density at radius 3 is 2.75 bits per heavy atom. The van der Waals surface area contributed by atoms with E-state index < -0.39 is 0 Å². The van der Waals surface area contributed by atoms with Gasteiger partial charge in [0, 0.05) is 44.3 Å². The van der Waals surface area contributed by atoms with Crippen molar-refractivity contribution in [1.82, 2.24) is 10.3 Å². The molecule has 0 bridgehead atoms. The summed E-state index contributed by atoms with van der Waals surface area (Å²) in [5, 5.41) is 2.95. The van der Waals surface area contributed by atoms with Gasteiger partial charge in [-0.25, -0.2) is 0 Å². The van der Waals surface area contributed by atoms with Crippen LogP contribution in [0.1, 0.15) is 19.8 Å². The summed E-state index contributed by atoms with van der Waals surface area (Å²) < 4.78 is 5.08. The minimum atomic E-state index is -0.0107. The Bertz CT molecular complexity index is 403. The second-order valence-electron chi connectivity index (χ2n) is 5.08. The van der Waals surface area contributed by atoms with E-state index in [-0.39, 0.29) is 12.5 Å². The van der Waals surface area contributed by atoms with E-state index in [4.69, 9.17) is 4.74 Å². The number of carbonyl (C=O) groups is 1. The Hall–Kier alpha value is -1.62. The van der Waals surface area contributed by atoms with Gasteiger partial charge < -0.3 is 15.0 Å². The number of piperidine rings is 1. The van der Waals surface area contributed by atoms with Crippen molar-refractivity contribution in [3.8, 4) is 0 Å². The Kier molecular flexibility index (Phi) is 5.80. The quantitative estimate of drug-likeness (QED) is 0.855. The molecule has 110 valence electrons. The van der Waals surface area contributed by atoms with Crippen LogP contribution in [0, 0.1) is 5.92 Å². The first-order chi connectivity index (χ1) is 9.79. The first-order valence-corrected chi connectivity index (χ1v) is 7.29. The maximum atomic E-state index is 11.5. The van der Waals surface area contributed by atoms with Gasteiger partial charge in [-0.2, -0.15) is 0 Å². The molecule has 1 fully saturated rings. The van der Waals surface area contributed by atoms with Crippen LogP contribution in [0.2, 0.25) is 0 Å². The number of hydrogen-bond acceptors (Lipinski definition) is 4. The number of rotatable bonds is 6. The van der Waals surface area contributed by atoms with E-state index >= 15 is 0 Å². The third kappa shape index (κ3) is 4.49. The average Bonchev–Trinajstić information content (AvgIpc) is 2.52. The third-order valence-corrected chi connectivity index (χ3v) is 3.67. The van der Waals surface area contributed by atoms with Gasteiger partial charge in [0.25, 0.3) is 0 Å². The van der Waals surface area contributed by atoms with E-state index in [2.05, 4.69) is 15.2 Å². The van der Waals surface area contributed by atoms with Crippen molar-refractivity contribution < 1.29 is 9.53 Å². The van der Waals surface area contributed by atoms with E-state index in [0.717, 1.165) is 32.5 Å². The van der Waals surface area contributed by atoms with Gasteiger partial charge >= 0.3 is 0 Å². The summed E-state index contributed by atoms with van der Waals surface area (Å²) in [5.74, 6) is 0.557. The molecule has 1 aliphatic heterocycles. The molecule has 0 spiro atoms. The van der Waals surface area contributed by atoms with Crippen molar-refractivity contribution >= 4 is 11.6 Å². The van der Waals surface area contributed by atoms with Crippen LogP contribution in [0.15, 0.2) is 24.5 Å². The van der Waals surface area contributed by atoms with Gasteiger partial charge in [-0.3, -0.25) is 9.78 Å². The predicted octanol–water partition coefficient (Wildman–Crippen LogP) is 1.45. The number of hydrogen-bond donors (Lipinski definition) is 1. The van der Waals surface area contributed by atoms with Crippen LogP contribution in [-0.2, 0) is 9.53 Å². The summed E-state index contributed by atoms with van der Waals surface area (Å²) in [6.45, 7) is 5.48. The number of nitrogens with one attached hydrogen (secondary N) is 1. The lowest BCUT2D eigenvalue weighted by Crippen LogP contribution is -2.39. The average molecular weight is 277 g/mol. The van der Waals surface area contributed by atoms with E-state index in [9.17, 15) is 4.79 Å². The molecule has 0 unspecified atom stereocenters. The lowest BCUT2D eigenvalue weighted by atomic mass is 9.96. The molecule has 1 amide bonds. The standard InChI is InChI=1S/C15H23N3O2/c1-2-20-12-15(19)17-11-13-5-9-18(10-6-13)14-3-7-16-8-4-14/h3-4,7-8,13H,2,5-6,9-12H2,1H3,(H,17,19). The second kappa shape index (κ2) is 7.85. The molecule has 0 radical (unpaired) electrons. The topological polar surface area (TPSA) is 54.5 Å². The highest BCUT2D eigenvalue weighted by Gasteiger charge is 2.19. The maximum absolute atomic E-state index is 11.5. The van der Waals surface area contributed by atoms with E-state index in [1.54, 1.807) is 0 Å². The first-order valence-electron chi connectivity index (χ1n) is 7.29. The van der Waals surface area contributed by atoms with Crippen LogP contribution in [0.3, 0.4) is 0 Å². The molecule has 2 heterocycles. The van der Waals surface area contributed by atoms with Gasteiger partial charge in [-0.1, -0.05) is 0 Å². The molecule has 2 rings (SSSR count). The zero-order chi connectivity index (χ0) is 14.2. The number of ether oxygens (including phenoxy) is 1. The van der Waals surface area contributed by atoms with Crippen molar-refractivity contribution in [2.75, 3.05) is 37.7 Å². The van der Waals surface area contributed by atoms with Crippen molar-refractivity contribution in [3.63, 3.8) is 0 Å². The molecule has 5 heteroatoms. The Balaban J connectivity index is 1.68. The van der Waals surface area contributed by atoms with Gasteiger partial charge in [0.1, 0.15) is 6.61 Å². The Morgan fingerprint density at radius 1 is 1.40 bits per heavy atom. The molecule has 20 heavy (non-hydrogen) atoms. The number of nitrogens with zero attached hydrogens (tertiary/aromatic N) is 2. The van der Waals surface area contributed by atoms with Crippen LogP contribution in [0.4, 0.5) is 5.69 Å². The highest BCUT2D eigenvalue weighted by molar-refractivity contribution is 5.77. The highest BCUT2D eigenvalue weighted by Crippen LogP contribution is 2.22. The van der Waals surface area contributed by atoms with Gasteiger partial charge in [0.2, 0.25) is 5.91 Å². The predicted molar refractivity (Wildman–Crippen MR) is 78.7 cm³/mol. The minimum absolute atomic E-state index is 0.0107. The first kappa shape index (κ1) is 14.8. The minimum Gasteiger partial charge on any atom is -0.372 e. The normalized spacial score (nSPS) is 16.1. The summed E-state index contributed by atoms with van der Waals surface area (Å²) in [6, 6.07) is 4.09. The molecule has 1 aliphatic rings. The molecule has 0 saturated carbocycles. The van der Waals surface area contributed by atoms with E-state index in [1.165, 1.54) is 5.69 Å². The number of amides is 1. The second-order valence-corrected chi connectivity index (χ2v) is 5.08. The fraction of sp³-hybridized carbons (Fsp3) is 0.600. The number of anilines is 1. The van der Waals surface area contributed by atoms with Gasteiger partial charge in [0.05, 0.1) is 0 Å². The van der Waals surface area contributed by atoms with Crippen LogP contribution in [0.25, 0.3) is 0 Å². The molecule has 0 aromatic carbocycles. The van der Waals surface area contributed by atoms with Crippen LogP contribution in [0.5, 0.6) is 0 Å². The van der Waals surface area contributed by atoms with Crippen LogP contribution in [-0.4, -0.2) is 43.7 Å². The summed E-state index contributed by atoms with van der Waals surface area (Å²) in [5.41, 5.74) is 1.24. The van der Waals surface area contributed by atoms with Crippen LogP contribution < -0.4 is 10.2 Å². The van der Waals surface area contributed by atoms with Crippen molar-refractivity contribution in [3.05, 3.63) is 24.5 Å². The molecule has 0 atom stereocenters. The number of carbonyl (C=O) groups excluding carboxylic acids is 1. The van der Waals surface area contributed by atoms with E-state index in [1.807, 2.05) is 31.5 Å². The van der Waals surface area contributed by atoms with Crippen molar-refractivity contribution in [1.29, 1.82) is 0 Å². The summed E-state index contributed by atoms with van der Waals surface area (Å²) in [4.78, 5) is 17.9. The van der Waals surface area contributed by atoms with Crippen molar-refractivity contribution in [2.24, 2.45) is 5.92 Å². The summed E-state index contributed by atoms with van der Waals surface area (Å²) >= 11 is 0. The molecular formula is C15H23N3O2. The van der Waals surface area contributed by atoms with Gasteiger partial charge in [-0.05, 0) is 37.8 Å². The molecule has 1 saturated heterocycles. The fourth-order valence-electron chi connectivity index (χ4n) is 2.45. The Morgan fingerprint density at radius 2 is 2.10 bits per heavy atom. The molecule has 5 nitrogen and oxygen atoms in total. The fourth-order valence-corrected chi connectivity index (χ4v) is 2.45. The molecular weight excluding hydrogens is 254 g/mol. The number of aromatic nitrogens is 1. The molecule has 0 aliphatic carbocycles. The smallest absolute Gasteiger partial charge is 0.246 e. The van der Waals surface area contributed by atoms with Crippen LogP contribution >= 0.6 is 0 Å². The van der Waals surface area contributed by atoms with E-state index in [0.29, 0.717) is 12.5 Å². The summed E-state index contributed by atoms with van der Waals surface area (Å²) in [6.07, 6.45) is 5.87. The Labute approximate surface area is 120 Å². The maximum Gasteiger partial charge on any atom is 0.246 e. The molecule has 1 N–H and O–H groups in total. The SMILES string of the molecule is CCOCC(=O)NCC1CCN(c2ccncc2)CC1. The van der Waals surface area contributed by atoms with Crippen molar-refractivity contribution in [2.45, 2.75) is 19.8 Å². The van der Waals surface area contributed by atoms with Gasteiger partial charge in [0.15, 0.2) is 0 Å². The van der Waals surface area contributed by atoms with Gasteiger partial charge in [-0.15, -0.1) is 0 Å². The largest absolute Gasteiger partial charge is 0.372 e. The zero-order valence-electron chi connectivity index (χ0n) is 12.0.